The van der Waals surface area contributed by atoms with Crippen LogP contribution in [-0.4, -0.2) is 47.9 Å². The van der Waals surface area contributed by atoms with E-state index in [1.165, 1.54) is 12.5 Å². The number of hydrogen-bond acceptors (Lipinski definition) is 6. The van der Waals surface area contributed by atoms with Gasteiger partial charge in [0, 0.05) is 77.1 Å². The molecular weight excluding hydrogens is 494 g/mol. The van der Waals surface area contributed by atoms with E-state index in [9.17, 15) is 9.59 Å². The number of piperazine rings is 1. The summed E-state index contributed by atoms with van der Waals surface area (Å²) in [6.45, 7) is 9.40. The quantitative estimate of drug-likeness (QED) is 0.430. The molecule has 2 N–H and O–H groups in total. The van der Waals surface area contributed by atoms with Crippen LogP contribution in [0.5, 0.6) is 0 Å². The molecule has 7 nitrogen and oxygen atoms in total. The highest BCUT2D eigenvalue weighted by Gasteiger charge is 2.18. The monoisotopic (exact) mass is 527 g/mol. The second kappa shape index (κ2) is 14.6. The fraction of sp³-hybridized carbons (Fsp3) is 0.370. The van der Waals surface area contributed by atoms with E-state index in [-0.39, 0.29) is 11.8 Å². The van der Waals surface area contributed by atoms with Crippen LogP contribution < -0.4 is 15.5 Å². The average Bonchev–Trinajstić information content (AvgIpc) is 3.43. The highest BCUT2D eigenvalue weighted by atomic mass is 35.5. The van der Waals surface area contributed by atoms with Crippen LogP contribution >= 0.6 is 22.9 Å². The van der Waals surface area contributed by atoms with E-state index < -0.39 is 0 Å². The van der Waals surface area contributed by atoms with E-state index in [0.717, 1.165) is 54.5 Å². The number of anilines is 1. The topological polar surface area (TPSA) is 77.6 Å². The van der Waals surface area contributed by atoms with E-state index in [2.05, 4.69) is 49.7 Å². The van der Waals surface area contributed by atoms with Crippen molar-refractivity contribution in [3.63, 3.8) is 0 Å². The molecule has 9 heteroatoms. The molecule has 2 amide bonds. The zero-order chi connectivity index (χ0) is 25.8. The molecule has 36 heavy (non-hydrogen) atoms. The molecule has 1 fully saturated rings. The van der Waals surface area contributed by atoms with E-state index in [0.29, 0.717) is 19.0 Å². The molecule has 0 saturated carbocycles. The summed E-state index contributed by atoms with van der Waals surface area (Å²) in [7, 11) is 0. The number of benzene rings is 2. The third-order valence-corrected chi connectivity index (χ3v) is 6.89. The van der Waals surface area contributed by atoms with E-state index in [4.69, 9.17) is 11.6 Å². The van der Waals surface area contributed by atoms with Crippen LogP contribution in [-0.2, 0) is 35.1 Å². The average molecular weight is 528 g/mol. The van der Waals surface area contributed by atoms with Crippen LogP contribution in [0.2, 0.25) is 0 Å². The summed E-state index contributed by atoms with van der Waals surface area (Å²) >= 11 is 7.35. The Bertz CT molecular complexity index is 1070. The molecular formula is C27H34ClN5O2S. The Balaban J connectivity index is 0.000000236. The lowest BCUT2D eigenvalue weighted by Crippen LogP contribution is -2.45. The van der Waals surface area contributed by atoms with Crippen LogP contribution in [0.3, 0.4) is 0 Å². The SMILES string of the molecule is CC(=O)NCc1ccc(CCl)cc1.CC(=O)NCc1ccc(CN2CCN(c3nccs3)CC2)cc1. The normalized spacial score (nSPS) is 13.5. The van der Waals surface area contributed by atoms with Crippen molar-refractivity contribution in [3.05, 3.63) is 82.4 Å². The summed E-state index contributed by atoms with van der Waals surface area (Å²) < 4.78 is 0. The van der Waals surface area contributed by atoms with Gasteiger partial charge in [0.05, 0.1) is 0 Å². The first-order valence-electron chi connectivity index (χ1n) is 12.0. The van der Waals surface area contributed by atoms with Crippen molar-refractivity contribution >= 4 is 39.9 Å². The van der Waals surface area contributed by atoms with Crippen molar-refractivity contribution in [3.8, 4) is 0 Å². The first kappa shape index (κ1) is 27.6. The zero-order valence-corrected chi connectivity index (χ0v) is 22.4. The minimum atomic E-state index is -0.0126. The van der Waals surface area contributed by atoms with Gasteiger partial charge in [-0.05, 0) is 22.3 Å². The molecule has 0 bridgehead atoms. The number of alkyl halides is 1. The summed E-state index contributed by atoms with van der Waals surface area (Å²) in [5.41, 5.74) is 4.63. The molecule has 3 aromatic rings. The third-order valence-electron chi connectivity index (χ3n) is 5.75. The summed E-state index contributed by atoms with van der Waals surface area (Å²) in [6.07, 6.45) is 1.87. The third kappa shape index (κ3) is 9.60. The number of aromatic nitrogens is 1. The standard InChI is InChI=1S/C17H22N4OS.C10H12ClNO/c1-14(22)19-12-15-2-4-16(5-3-15)13-20-7-9-21(10-8-20)17-18-6-11-23-17;1-8(13)12-7-10-4-2-9(6-11)3-5-10/h2-6,11H,7-10,12-13H2,1H3,(H,19,22);2-5H,6-7H2,1H3,(H,12,13). The van der Waals surface area contributed by atoms with Gasteiger partial charge in [0.2, 0.25) is 11.8 Å². The summed E-state index contributed by atoms with van der Waals surface area (Å²) in [6, 6.07) is 16.4. The molecule has 0 unspecified atom stereocenters. The van der Waals surface area contributed by atoms with E-state index >= 15 is 0 Å². The highest BCUT2D eigenvalue weighted by Crippen LogP contribution is 2.19. The van der Waals surface area contributed by atoms with Gasteiger partial charge in [-0.25, -0.2) is 4.98 Å². The fourth-order valence-electron chi connectivity index (χ4n) is 3.69. The van der Waals surface area contributed by atoms with Crippen LogP contribution in [0.15, 0.2) is 60.1 Å². The fourth-order valence-corrected chi connectivity index (χ4v) is 4.56. The molecule has 0 aliphatic carbocycles. The summed E-state index contributed by atoms with van der Waals surface area (Å²) in [5.74, 6) is 0.522. The number of rotatable bonds is 8. The van der Waals surface area contributed by atoms with Crippen molar-refractivity contribution in [1.82, 2.24) is 20.5 Å². The van der Waals surface area contributed by atoms with Crippen LogP contribution in [0.25, 0.3) is 0 Å². The lowest BCUT2D eigenvalue weighted by Gasteiger charge is -2.34. The number of amides is 2. The maximum absolute atomic E-state index is 10.9. The minimum absolute atomic E-state index is 0.00665. The predicted octanol–water partition coefficient (Wildman–Crippen LogP) is 4.16. The highest BCUT2D eigenvalue weighted by molar-refractivity contribution is 7.13. The lowest BCUT2D eigenvalue weighted by atomic mass is 10.1. The Hall–Kier alpha value is -2.94. The van der Waals surface area contributed by atoms with Gasteiger partial charge in [-0.1, -0.05) is 48.5 Å². The number of halogens is 1. The van der Waals surface area contributed by atoms with E-state index in [1.54, 1.807) is 18.3 Å². The molecule has 0 spiro atoms. The molecule has 1 aliphatic heterocycles. The van der Waals surface area contributed by atoms with E-state index in [1.807, 2.05) is 35.8 Å². The first-order valence-corrected chi connectivity index (χ1v) is 13.4. The van der Waals surface area contributed by atoms with Crippen molar-refractivity contribution < 1.29 is 9.59 Å². The number of hydrogen-bond donors (Lipinski definition) is 2. The molecule has 2 heterocycles. The van der Waals surface area contributed by atoms with Crippen molar-refractivity contribution in [2.75, 3.05) is 31.1 Å². The number of nitrogens with one attached hydrogen (secondary N) is 2. The smallest absolute Gasteiger partial charge is 0.217 e. The van der Waals surface area contributed by atoms with Crippen molar-refractivity contribution in [2.45, 2.75) is 39.4 Å². The largest absolute Gasteiger partial charge is 0.352 e. The predicted molar refractivity (Wildman–Crippen MR) is 147 cm³/mol. The first-order chi connectivity index (χ1) is 17.4. The molecule has 4 rings (SSSR count). The van der Waals surface area contributed by atoms with Gasteiger partial charge in [0.15, 0.2) is 5.13 Å². The summed E-state index contributed by atoms with van der Waals surface area (Å²) in [5, 5.41) is 8.71. The van der Waals surface area contributed by atoms with Gasteiger partial charge in [-0.15, -0.1) is 22.9 Å². The van der Waals surface area contributed by atoms with Crippen LogP contribution in [0.1, 0.15) is 36.1 Å². The van der Waals surface area contributed by atoms with Gasteiger partial charge in [-0.2, -0.15) is 0 Å². The molecule has 0 atom stereocenters. The second-order valence-corrected chi connectivity index (χ2v) is 9.80. The lowest BCUT2D eigenvalue weighted by molar-refractivity contribution is -0.120. The second-order valence-electron chi connectivity index (χ2n) is 8.66. The Morgan fingerprint density at radius 2 is 1.33 bits per heavy atom. The molecule has 1 saturated heterocycles. The maximum Gasteiger partial charge on any atom is 0.217 e. The van der Waals surface area contributed by atoms with Gasteiger partial charge >= 0.3 is 0 Å². The Morgan fingerprint density at radius 3 is 1.78 bits per heavy atom. The van der Waals surface area contributed by atoms with Gasteiger partial charge in [0.25, 0.3) is 0 Å². The minimum Gasteiger partial charge on any atom is -0.352 e. The molecule has 1 aliphatic rings. The van der Waals surface area contributed by atoms with Gasteiger partial charge < -0.3 is 15.5 Å². The number of carbonyl (C=O) groups excluding carboxylic acids is 2. The number of carbonyl (C=O) groups is 2. The molecule has 2 aromatic carbocycles. The van der Waals surface area contributed by atoms with Gasteiger partial charge in [0.1, 0.15) is 0 Å². The van der Waals surface area contributed by atoms with Gasteiger partial charge in [-0.3, -0.25) is 14.5 Å². The zero-order valence-electron chi connectivity index (χ0n) is 20.9. The van der Waals surface area contributed by atoms with Crippen LogP contribution in [0.4, 0.5) is 5.13 Å². The Kier molecular flexibility index (Phi) is 11.2. The van der Waals surface area contributed by atoms with Crippen molar-refractivity contribution in [2.24, 2.45) is 0 Å². The van der Waals surface area contributed by atoms with Crippen molar-refractivity contribution in [1.29, 1.82) is 0 Å². The summed E-state index contributed by atoms with van der Waals surface area (Å²) in [4.78, 5) is 30.8. The maximum atomic E-state index is 10.9. The Labute approximate surface area is 222 Å². The number of nitrogens with zero attached hydrogens (tertiary/aromatic N) is 3. The Morgan fingerprint density at radius 1 is 0.833 bits per heavy atom. The number of thiazole rings is 1. The van der Waals surface area contributed by atoms with Crippen LogP contribution in [0, 0.1) is 0 Å². The molecule has 0 radical (unpaired) electrons. The molecule has 192 valence electrons. The molecule has 1 aromatic heterocycles.